The summed E-state index contributed by atoms with van der Waals surface area (Å²) in [7, 11) is 2.82. The summed E-state index contributed by atoms with van der Waals surface area (Å²) < 4.78 is 12.3. The van der Waals surface area contributed by atoms with Crippen molar-refractivity contribution in [2.24, 2.45) is 0 Å². The van der Waals surface area contributed by atoms with E-state index in [-0.39, 0.29) is 0 Å². The van der Waals surface area contributed by atoms with Gasteiger partial charge in [0.25, 0.3) is 0 Å². The summed E-state index contributed by atoms with van der Waals surface area (Å²) in [6.45, 7) is 16.2. The van der Waals surface area contributed by atoms with E-state index in [9.17, 15) is 0 Å². The van der Waals surface area contributed by atoms with Crippen molar-refractivity contribution in [3.8, 4) is 0 Å². The van der Waals surface area contributed by atoms with Crippen molar-refractivity contribution in [1.29, 1.82) is 0 Å². The van der Waals surface area contributed by atoms with Crippen LogP contribution in [0.5, 0.6) is 0 Å². The Morgan fingerprint density at radius 2 is 1.00 bits per heavy atom. The Kier molecular flexibility index (Phi) is 22.1. The minimum atomic E-state index is -0.674. The van der Waals surface area contributed by atoms with E-state index in [0.717, 1.165) is 13.2 Å². The molecule has 0 aliphatic carbocycles. The van der Waals surface area contributed by atoms with Crippen LogP contribution in [0.15, 0.2) is 0 Å². The average molecular weight is 467 g/mol. The molecule has 6 heteroatoms. The van der Waals surface area contributed by atoms with Crippen molar-refractivity contribution in [3.05, 3.63) is 0 Å². The molecule has 0 spiro atoms. The Labute approximate surface area is 188 Å². The van der Waals surface area contributed by atoms with Crippen LogP contribution in [0, 0.1) is 0 Å². The number of hydrogen-bond donors (Lipinski definition) is 0. The van der Waals surface area contributed by atoms with Crippen molar-refractivity contribution >= 4 is 39.2 Å². The van der Waals surface area contributed by atoms with Crippen LogP contribution in [0.25, 0.3) is 0 Å². The molecule has 170 valence electrons. The van der Waals surface area contributed by atoms with Crippen LogP contribution in [-0.2, 0) is 9.47 Å². The Morgan fingerprint density at radius 1 is 0.607 bits per heavy atom. The largest absolute Gasteiger partial charge is 0.382 e. The van der Waals surface area contributed by atoms with E-state index >= 15 is 0 Å². The van der Waals surface area contributed by atoms with Crippen LogP contribution in [0.4, 0.5) is 0 Å². The van der Waals surface area contributed by atoms with Gasteiger partial charge < -0.3 is 9.47 Å². The second-order valence-corrected chi connectivity index (χ2v) is 17.8. The van der Waals surface area contributed by atoms with E-state index in [4.69, 9.17) is 9.47 Å². The number of unbranched alkanes of at least 4 members (excludes halogenated alkanes) is 4. The lowest BCUT2D eigenvalue weighted by Crippen LogP contribution is -2.28. The van der Waals surface area contributed by atoms with E-state index < -0.39 is 17.6 Å². The van der Waals surface area contributed by atoms with E-state index in [1.54, 1.807) is 0 Å². The number of ether oxygens (including phenoxy) is 2. The summed E-state index contributed by atoms with van der Waals surface area (Å²) >= 11 is 0. The zero-order valence-electron chi connectivity index (χ0n) is 19.8. The van der Waals surface area contributed by atoms with Crippen LogP contribution in [0.2, 0.25) is 26.2 Å². The van der Waals surface area contributed by atoms with Gasteiger partial charge in [0.1, 0.15) is 0 Å². The molecule has 0 aromatic heterocycles. The molecule has 0 rings (SSSR count). The van der Waals surface area contributed by atoms with Gasteiger partial charge in [0.05, 0.1) is 17.6 Å². The van der Waals surface area contributed by atoms with Crippen LogP contribution in [0.3, 0.4) is 0 Å². The molecule has 0 radical (unpaired) electrons. The quantitative estimate of drug-likeness (QED) is 0.102. The smallest absolute Gasteiger partial charge is 0.0656 e. The molecule has 0 bridgehead atoms. The molecule has 0 fully saturated rings. The lowest BCUT2D eigenvalue weighted by molar-refractivity contribution is 0.0928. The van der Waals surface area contributed by atoms with Crippen LogP contribution in [-0.4, -0.2) is 53.8 Å². The zero-order valence-corrected chi connectivity index (χ0v) is 23.8. The summed E-state index contributed by atoms with van der Waals surface area (Å²) in [6, 6.07) is 0. The van der Waals surface area contributed by atoms with Gasteiger partial charge >= 0.3 is 0 Å². The molecule has 0 N–H and O–H groups in total. The maximum atomic E-state index is 6.13. The maximum Gasteiger partial charge on any atom is 0.0656 e. The third-order valence-corrected chi connectivity index (χ3v) is 11.8. The fourth-order valence-corrected chi connectivity index (χ4v) is 8.25. The third-order valence-electron chi connectivity index (χ3n) is 5.16. The Balaban J connectivity index is 3.57. The summed E-state index contributed by atoms with van der Waals surface area (Å²) in [6.07, 6.45) is 12.9. The molecule has 0 heterocycles. The monoisotopic (exact) mass is 466 g/mol. The Bertz CT molecular complexity index is 291. The first-order chi connectivity index (χ1) is 13.5. The van der Waals surface area contributed by atoms with Crippen LogP contribution < -0.4 is 0 Å². The van der Waals surface area contributed by atoms with E-state index in [1.165, 1.54) is 75.7 Å². The predicted molar refractivity (Wildman–Crippen MR) is 140 cm³/mol. The highest BCUT2D eigenvalue weighted by molar-refractivity contribution is 8.76. The Hall–Kier alpha value is 1.05. The van der Waals surface area contributed by atoms with Crippen LogP contribution in [0.1, 0.15) is 78.1 Å². The van der Waals surface area contributed by atoms with Gasteiger partial charge in [-0.2, -0.15) is 0 Å². The van der Waals surface area contributed by atoms with Crippen molar-refractivity contribution in [3.63, 3.8) is 0 Å². The highest BCUT2D eigenvalue weighted by Crippen LogP contribution is 2.25. The molecule has 0 saturated carbocycles. The molecule has 2 unspecified atom stereocenters. The average Bonchev–Trinajstić information content (AvgIpc) is 2.66. The molecule has 0 saturated heterocycles. The van der Waals surface area contributed by atoms with Gasteiger partial charge in [-0.05, 0) is 38.5 Å². The van der Waals surface area contributed by atoms with E-state index in [2.05, 4.69) is 61.6 Å². The maximum absolute atomic E-state index is 6.13. The van der Waals surface area contributed by atoms with Crippen LogP contribution >= 0.6 is 21.6 Å². The highest BCUT2D eigenvalue weighted by atomic mass is 33.1. The lowest BCUT2D eigenvalue weighted by atomic mass is 10.2. The number of hydrogen-bond acceptors (Lipinski definition) is 4. The highest BCUT2D eigenvalue weighted by Gasteiger charge is 2.15. The molecular formula is C22H50O2S2Si2. The summed E-state index contributed by atoms with van der Waals surface area (Å²) in [5.74, 6) is 2.60. The molecule has 28 heavy (non-hydrogen) atoms. The van der Waals surface area contributed by atoms with Gasteiger partial charge in [-0.3, -0.25) is 0 Å². The topological polar surface area (TPSA) is 18.5 Å². The van der Waals surface area contributed by atoms with Crippen molar-refractivity contribution in [2.45, 2.75) is 116 Å². The third kappa shape index (κ3) is 17.9. The molecule has 0 amide bonds. The Morgan fingerprint density at radius 3 is 1.32 bits per heavy atom. The van der Waals surface area contributed by atoms with Crippen molar-refractivity contribution in [1.82, 2.24) is 0 Å². The van der Waals surface area contributed by atoms with Crippen molar-refractivity contribution < 1.29 is 9.47 Å². The molecule has 0 aliphatic rings. The standard InChI is InChI=1S/C22H50O2S2Si2/c1-7-9-17-23-21(27(3)4)15-11-13-19-25-26-20-14-12-16-22(28(5)6)24-18-10-8-2/h21-22,27-28H,7-20H2,1-6H3. The van der Waals surface area contributed by atoms with E-state index in [1.807, 2.05) is 0 Å². The first-order valence-corrected chi connectivity index (χ1v) is 20.4. The minimum absolute atomic E-state index is 0.598. The normalized spacial score (nSPS) is 14.1. The van der Waals surface area contributed by atoms with Gasteiger partial charge in [0, 0.05) is 36.2 Å². The molecule has 0 aliphatic heterocycles. The molecule has 2 atom stereocenters. The molecule has 0 aromatic rings. The summed E-state index contributed by atoms with van der Waals surface area (Å²) in [4.78, 5) is 0. The summed E-state index contributed by atoms with van der Waals surface area (Å²) in [5.41, 5.74) is 1.20. The zero-order chi connectivity index (χ0) is 21.0. The first kappa shape index (κ1) is 29.1. The van der Waals surface area contributed by atoms with Gasteiger partial charge in [-0.15, -0.1) is 0 Å². The number of rotatable bonds is 21. The molecule has 2 nitrogen and oxygen atoms in total. The second-order valence-electron chi connectivity index (χ2n) is 8.65. The fraction of sp³-hybridized carbons (Fsp3) is 1.00. The predicted octanol–water partition coefficient (Wildman–Crippen LogP) is 7.13. The molecular weight excluding hydrogens is 417 g/mol. The second kappa shape index (κ2) is 21.3. The van der Waals surface area contributed by atoms with Gasteiger partial charge in [-0.25, -0.2) is 0 Å². The van der Waals surface area contributed by atoms with E-state index in [0.29, 0.717) is 11.5 Å². The SMILES string of the molecule is CCCCOC(CCCCSSCCCCC(OCCCC)[SiH](C)C)[SiH](C)C. The molecule has 0 aromatic carbocycles. The van der Waals surface area contributed by atoms with Gasteiger partial charge in [-0.1, -0.05) is 87.3 Å². The fourth-order valence-electron chi connectivity index (χ4n) is 3.11. The first-order valence-electron chi connectivity index (χ1n) is 12.0. The van der Waals surface area contributed by atoms with Crippen molar-refractivity contribution in [2.75, 3.05) is 24.7 Å². The van der Waals surface area contributed by atoms with Gasteiger partial charge in [0.15, 0.2) is 0 Å². The summed E-state index contributed by atoms with van der Waals surface area (Å²) in [5, 5.41) is 0. The van der Waals surface area contributed by atoms with Gasteiger partial charge in [0.2, 0.25) is 0 Å². The lowest BCUT2D eigenvalue weighted by Gasteiger charge is -2.21. The minimum Gasteiger partial charge on any atom is -0.382 e.